The minimum atomic E-state index is -0.273. The largest absolute Gasteiger partial charge is 0.338 e. The summed E-state index contributed by atoms with van der Waals surface area (Å²) < 4.78 is 0. The normalized spacial score (nSPS) is 15.3. The number of para-hydroxylation sites is 1. The van der Waals surface area contributed by atoms with Gasteiger partial charge < -0.3 is 15.1 Å². The number of piperazine rings is 1. The Balaban J connectivity index is 1.64. The lowest BCUT2D eigenvalue weighted by Gasteiger charge is -2.33. The monoisotopic (exact) mass is 345 g/mol. The van der Waals surface area contributed by atoms with Gasteiger partial charge in [0.25, 0.3) is 5.91 Å². The highest BCUT2D eigenvalue weighted by Crippen LogP contribution is 2.21. The lowest BCUT2D eigenvalue weighted by atomic mass is 10.2. The molecule has 0 radical (unpaired) electrons. The summed E-state index contributed by atoms with van der Waals surface area (Å²) in [5, 5.41) is 3.27. The second-order valence-corrected chi connectivity index (χ2v) is 6.03. The maximum Gasteiger partial charge on any atom is 0.258 e. The summed E-state index contributed by atoms with van der Waals surface area (Å²) in [5.41, 5.74) is 0.981. The Morgan fingerprint density at radius 1 is 1.17 bits per heavy atom. The van der Waals surface area contributed by atoms with Crippen molar-refractivity contribution in [1.29, 1.82) is 0 Å². The summed E-state index contributed by atoms with van der Waals surface area (Å²) in [7, 11) is 0. The Kier molecular flexibility index (Phi) is 5.27. The van der Waals surface area contributed by atoms with E-state index in [0.29, 0.717) is 22.2 Å². The van der Waals surface area contributed by atoms with Crippen LogP contribution < -0.4 is 10.2 Å². The Morgan fingerprint density at radius 2 is 1.83 bits per heavy atom. The van der Waals surface area contributed by atoms with Crippen LogP contribution in [0.15, 0.2) is 36.7 Å². The lowest BCUT2D eigenvalue weighted by molar-refractivity contribution is 0.102. The zero-order valence-corrected chi connectivity index (χ0v) is 14.3. The first-order valence-electron chi connectivity index (χ1n) is 8.02. The van der Waals surface area contributed by atoms with E-state index in [1.165, 1.54) is 0 Å². The van der Waals surface area contributed by atoms with Crippen LogP contribution in [0.3, 0.4) is 0 Å². The van der Waals surface area contributed by atoms with Crippen LogP contribution in [0.1, 0.15) is 17.3 Å². The average Bonchev–Trinajstić information content (AvgIpc) is 2.64. The number of benzene rings is 1. The zero-order valence-electron chi connectivity index (χ0n) is 13.6. The quantitative estimate of drug-likeness (QED) is 0.922. The number of hydrogen-bond donors (Lipinski definition) is 1. The number of carbonyl (C=O) groups is 1. The van der Waals surface area contributed by atoms with Gasteiger partial charge in [0, 0.05) is 38.6 Å². The first-order chi connectivity index (χ1) is 11.7. The molecule has 24 heavy (non-hydrogen) atoms. The molecule has 1 N–H and O–H groups in total. The molecule has 6 nitrogen and oxygen atoms in total. The van der Waals surface area contributed by atoms with E-state index in [-0.39, 0.29) is 5.91 Å². The number of rotatable bonds is 4. The molecule has 1 aromatic carbocycles. The van der Waals surface area contributed by atoms with Crippen molar-refractivity contribution in [2.24, 2.45) is 0 Å². The van der Waals surface area contributed by atoms with Crippen LogP contribution in [0.2, 0.25) is 5.02 Å². The van der Waals surface area contributed by atoms with Gasteiger partial charge in [0.2, 0.25) is 5.95 Å². The molecule has 1 fully saturated rings. The van der Waals surface area contributed by atoms with Crippen molar-refractivity contribution in [3.63, 3.8) is 0 Å². The minimum Gasteiger partial charge on any atom is -0.338 e. The van der Waals surface area contributed by atoms with Crippen molar-refractivity contribution in [3.8, 4) is 0 Å². The van der Waals surface area contributed by atoms with E-state index in [9.17, 15) is 4.79 Å². The number of amides is 1. The molecule has 1 aliphatic heterocycles. The highest BCUT2D eigenvalue weighted by Gasteiger charge is 2.18. The summed E-state index contributed by atoms with van der Waals surface area (Å²) in [5.74, 6) is 0.394. The fourth-order valence-corrected chi connectivity index (χ4v) is 2.81. The fourth-order valence-electron chi connectivity index (χ4n) is 2.62. The van der Waals surface area contributed by atoms with Crippen LogP contribution in [-0.2, 0) is 0 Å². The van der Waals surface area contributed by atoms with Crippen LogP contribution >= 0.6 is 11.6 Å². The molecule has 0 unspecified atom stereocenters. The minimum absolute atomic E-state index is 0.273. The summed E-state index contributed by atoms with van der Waals surface area (Å²) in [4.78, 5) is 25.5. The predicted octanol–water partition coefficient (Wildman–Crippen LogP) is 2.52. The molecule has 1 saturated heterocycles. The summed E-state index contributed by atoms with van der Waals surface area (Å²) in [6, 6.07) is 7.11. The summed E-state index contributed by atoms with van der Waals surface area (Å²) >= 11 is 6.05. The Bertz CT molecular complexity index is 698. The Morgan fingerprint density at radius 3 is 2.46 bits per heavy atom. The second-order valence-electron chi connectivity index (χ2n) is 5.63. The van der Waals surface area contributed by atoms with Crippen LogP contribution in [0, 0.1) is 0 Å². The van der Waals surface area contributed by atoms with Crippen LogP contribution in [0.25, 0.3) is 0 Å². The molecule has 2 heterocycles. The maximum atomic E-state index is 12.3. The van der Waals surface area contributed by atoms with Gasteiger partial charge in [-0.05, 0) is 18.7 Å². The first kappa shape index (κ1) is 16.7. The molecule has 0 atom stereocenters. The van der Waals surface area contributed by atoms with E-state index < -0.39 is 0 Å². The van der Waals surface area contributed by atoms with E-state index >= 15 is 0 Å². The predicted molar refractivity (Wildman–Crippen MR) is 95.8 cm³/mol. The SMILES string of the molecule is CCN1CCN(c2ncc(C(=O)Nc3ccccc3Cl)cn2)CC1. The van der Waals surface area contributed by atoms with Crippen molar-refractivity contribution >= 4 is 29.1 Å². The standard InChI is InChI=1S/C17H20ClN5O/c1-2-22-7-9-23(10-8-22)17-19-11-13(12-20-17)16(24)21-15-6-4-3-5-14(15)18/h3-6,11-12H,2,7-10H2,1H3,(H,21,24). The smallest absolute Gasteiger partial charge is 0.258 e. The van der Waals surface area contributed by atoms with Gasteiger partial charge in [0.15, 0.2) is 0 Å². The third kappa shape index (κ3) is 3.83. The summed E-state index contributed by atoms with van der Waals surface area (Å²) in [6.45, 7) is 7.05. The third-order valence-electron chi connectivity index (χ3n) is 4.12. The van der Waals surface area contributed by atoms with Crippen LogP contribution in [-0.4, -0.2) is 53.5 Å². The van der Waals surface area contributed by atoms with Gasteiger partial charge in [-0.3, -0.25) is 4.79 Å². The van der Waals surface area contributed by atoms with Crippen molar-refractivity contribution in [1.82, 2.24) is 14.9 Å². The molecular weight excluding hydrogens is 326 g/mol. The molecule has 2 aromatic rings. The molecular formula is C17H20ClN5O. The van der Waals surface area contributed by atoms with E-state index in [1.54, 1.807) is 24.5 Å². The lowest BCUT2D eigenvalue weighted by Crippen LogP contribution is -2.46. The number of carbonyl (C=O) groups excluding carboxylic acids is 1. The first-order valence-corrected chi connectivity index (χ1v) is 8.40. The van der Waals surface area contributed by atoms with Gasteiger partial charge in [-0.15, -0.1) is 0 Å². The number of nitrogens with zero attached hydrogens (tertiary/aromatic N) is 4. The van der Waals surface area contributed by atoms with Gasteiger partial charge in [-0.2, -0.15) is 0 Å². The molecule has 7 heteroatoms. The van der Waals surface area contributed by atoms with Crippen molar-refractivity contribution in [2.75, 3.05) is 42.9 Å². The van der Waals surface area contributed by atoms with Crippen molar-refractivity contribution in [2.45, 2.75) is 6.92 Å². The van der Waals surface area contributed by atoms with Gasteiger partial charge >= 0.3 is 0 Å². The molecule has 0 bridgehead atoms. The van der Waals surface area contributed by atoms with Crippen LogP contribution in [0.4, 0.5) is 11.6 Å². The highest BCUT2D eigenvalue weighted by atomic mass is 35.5. The Hall–Kier alpha value is -2.18. The number of halogens is 1. The van der Waals surface area contributed by atoms with E-state index in [1.807, 2.05) is 12.1 Å². The molecule has 0 saturated carbocycles. The second kappa shape index (κ2) is 7.59. The number of aromatic nitrogens is 2. The molecule has 1 aliphatic rings. The molecule has 1 amide bonds. The zero-order chi connectivity index (χ0) is 16.9. The van der Waals surface area contributed by atoms with Gasteiger partial charge in [0.1, 0.15) is 0 Å². The van der Waals surface area contributed by atoms with Crippen molar-refractivity contribution in [3.05, 3.63) is 47.2 Å². The molecule has 0 aliphatic carbocycles. The number of likely N-dealkylation sites (N-methyl/N-ethyl adjacent to an activating group) is 1. The van der Waals surface area contributed by atoms with Crippen molar-refractivity contribution < 1.29 is 4.79 Å². The van der Waals surface area contributed by atoms with E-state index in [0.717, 1.165) is 32.7 Å². The molecule has 3 rings (SSSR count). The molecule has 1 aromatic heterocycles. The molecule has 126 valence electrons. The van der Waals surface area contributed by atoms with Crippen LogP contribution in [0.5, 0.6) is 0 Å². The van der Waals surface area contributed by atoms with Gasteiger partial charge in [-0.1, -0.05) is 30.7 Å². The average molecular weight is 346 g/mol. The van der Waals surface area contributed by atoms with E-state index in [2.05, 4.69) is 32.0 Å². The van der Waals surface area contributed by atoms with Gasteiger partial charge in [0.05, 0.1) is 16.3 Å². The topological polar surface area (TPSA) is 61.4 Å². The van der Waals surface area contributed by atoms with E-state index in [4.69, 9.17) is 11.6 Å². The third-order valence-corrected chi connectivity index (χ3v) is 4.45. The molecule has 0 spiro atoms. The summed E-state index contributed by atoms with van der Waals surface area (Å²) in [6.07, 6.45) is 3.11. The number of anilines is 2. The van der Waals surface area contributed by atoms with Gasteiger partial charge in [-0.25, -0.2) is 9.97 Å². The fraction of sp³-hybridized carbons (Fsp3) is 0.353. The number of hydrogen-bond acceptors (Lipinski definition) is 5. The number of nitrogens with one attached hydrogen (secondary N) is 1. The highest BCUT2D eigenvalue weighted by molar-refractivity contribution is 6.33. The Labute approximate surface area is 146 Å². The maximum absolute atomic E-state index is 12.3.